The summed E-state index contributed by atoms with van der Waals surface area (Å²) in [5.74, 6) is -4.21. The average Bonchev–Trinajstić information content (AvgIpc) is 3.54. The molecule has 2 aromatic rings. The number of fused-ring (bicyclic) bond motifs is 1. The molecule has 3 N–H and O–H groups in total. The van der Waals surface area contributed by atoms with Gasteiger partial charge in [0.1, 0.15) is 11.3 Å². The third-order valence-electron chi connectivity index (χ3n) is 5.81. The Morgan fingerprint density at radius 1 is 1.34 bits per heavy atom. The van der Waals surface area contributed by atoms with Gasteiger partial charge in [0.15, 0.2) is 17.7 Å². The van der Waals surface area contributed by atoms with Crippen molar-refractivity contribution in [2.75, 3.05) is 18.0 Å². The first-order valence-electron chi connectivity index (χ1n) is 10.2. The number of nitrogens with zero attached hydrogens (tertiary/aromatic N) is 2. The Morgan fingerprint density at radius 3 is 2.47 bits per heavy atom. The number of aliphatic hydroxyl groups is 1. The van der Waals surface area contributed by atoms with Crippen LogP contribution < -0.4 is 10.3 Å². The van der Waals surface area contributed by atoms with Crippen LogP contribution in [0.2, 0.25) is 0 Å². The van der Waals surface area contributed by atoms with Gasteiger partial charge in [-0.15, -0.1) is 0 Å². The summed E-state index contributed by atoms with van der Waals surface area (Å²) in [5.41, 5.74) is -1.78. The Balaban J connectivity index is 2.06. The standard InChI is InChI=1S/C21H24F4N2O5/c1-3-26(7-6-10(2)19(30)21(23,24)25)16-14(22)8-12-15(18(16)29)27(11-4-5-11)9-13(17(12)28)20(31)32/h8-11,19,29-30H,3-7H2,1-2H3,(H,31,32). The SMILES string of the molecule is CCN(CCC(C)C(O)C(F)(F)F)c1c(F)cc2c(=O)c(C(=O)O)cn(C3CC3)c2c1O. The lowest BCUT2D eigenvalue weighted by Crippen LogP contribution is -2.37. The molecule has 2 atom stereocenters. The second-order valence-electron chi connectivity index (χ2n) is 8.10. The monoisotopic (exact) mass is 460 g/mol. The number of phenolic OH excluding ortho intramolecular Hbond substituents is 1. The van der Waals surface area contributed by atoms with Gasteiger partial charge >= 0.3 is 12.1 Å². The number of aliphatic hydroxyl groups excluding tert-OH is 1. The Morgan fingerprint density at radius 2 is 1.97 bits per heavy atom. The van der Waals surface area contributed by atoms with Gasteiger partial charge in [0.25, 0.3) is 0 Å². The van der Waals surface area contributed by atoms with Crippen molar-refractivity contribution in [2.45, 2.75) is 51.4 Å². The molecule has 0 radical (unpaired) electrons. The zero-order chi connectivity index (χ0) is 24.0. The molecule has 1 aromatic carbocycles. The van der Waals surface area contributed by atoms with Crippen molar-refractivity contribution in [1.29, 1.82) is 0 Å². The highest BCUT2D eigenvalue weighted by atomic mass is 19.4. The van der Waals surface area contributed by atoms with Crippen LogP contribution in [-0.2, 0) is 0 Å². The van der Waals surface area contributed by atoms with Crippen LogP contribution in [0.25, 0.3) is 10.9 Å². The molecule has 1 aliphatic carbocycles. The predicted molar refractivity (Wildman–Crippen MR) is 109 cm³/mol. The summed E-state index contributed by atoms with van der Waals surface area (Å²) in [6.07, 6.45) is -4.95. The van der Waals surface area contributed by atoms with Gasteiger partial charge in [0.05, 0.1) is 10.9 Å². The first kappa shape index (κ1) is 23.8. The van der Waals surface area contributed by atoms with Gasteiger partial charge in [-0.25, -0.2) is 9.18 Å². The Bertz CT molecular complexity index is 1090. The van der Waals surface area contributed by atoms with Crippen LogP contribution in [0.15, 0.2) is 17.1 Å². The van der Waals surface area contributed by atoms with Gasteiger partial charge in [-0.3, -0.25) is 4.79 Å². The maximum atomic E-state index is 15.0. The highest BCUT2D eigenvalue weighted by Crippen LogP contribution is 2.43. The van der Waals surface area contributed by atoms with Gasteiger partial charge in [-0.05, 0) is 38.2 Å². The highest BCUT2D eigenvalue weighted by molar-refractivity contribution is 5.96. The lowest BCUT2D eigenvalue weighted by atomic mass is 10.00. The normalized spacial score (nSPS) is 16.2. The van der Waals surface area contributed by atoms with E-state index in [1.807, 2.05) is 0 Å². The van der Waals surface area contributed by atoms with Crippen LogP contribution in [0.5, 0.6) is 5.75 Å². The number of rotatable bonds is 8. The van der Waals surface area contributed by atoms with E-state index in [0.717, 1.165) is 12.3 Å². The number of alkyl halides is 3. The van der Waals surface area contributed by atoms with E-state index in [1.165, 1.54) is 16.4 Å². The summed E-state index contributed by atoms with van der Waals surface area (Å²) in [6.45, 7) is 2.88. The van der Waals surface area contributed by atoms with Crippen molar-refractivity contribution < 1.29 is 37.7 Å². The number of aromatic carboxylic acids is 1. The fourth-order valence-electron chi connectivity index (χ4n) is 3.82. The number of benzene rings is 1. The average molecular weight is 460 g/mol. The third-order valence-corrected chi connectivity index (χ3v) is 5.81. The fraction of sp³-hybridized carbons (Fsp3) is 0.524. The lowest BCUT2D eigenvalue weighted by Gasteiger charge is -2.28. The summed E-state index contributed by atoms with van der Waals surface area (Å²) >= 11 is 0. The zero-order valence-corrected chi connectivity index (χ0v) is 17.5. The number of hydrogen-bond donors (Lipinski definition) is 3. The van der Waals surface area contributed by atoms with Crippen LogP contribution in [0, 0.1) is 11.7 Å². The van der Waals surface area contributed by atoms with E-state index >= 15 is 4.39 Å². The summed E-state index contributed by atoms with van der Waals surface area (Å²) < 4.78 is 54.7. The highest BCUT2D eigenvalue weighted by Gasteiger charge is 2.41. The van der Waals surface area contributed by atoms with E-state index in [9.17, 15) is 38.1 Å². The third kappa shape index (κ3) is 4.38. The molecule has 1 aliphatic rings. The van der Waals surface area contributed by atoms with Crippen molar-refractivity contribution in [3.05, 3.63) is 33.9 Å². The maximum absolute atomic E-state index is 15.0. The molecule has 0 saturated heterocycles. The minimum absolute atomic E-state index is 0.0132. The lowest BCUT2D eigenvalue weighted by molar-refractivity contribution is -0.217. The summed E-state index contributed by atoms with van der Waals surface area (Å²) in [6, 6.07) is 0.701. The molecule has 0 bridgehead atoms. The quantitative estimate of drug-likeness (QED) is 0.520. The van der Waals surface area contributed by atoms with Crippen LogP contribution in [-0.4, -0.2) is 51.2 Å². The minimum Gasteiger partial charge on any atom is -0.504 e. The van der Waals surface area contributed by atoms with Gasteiger partial charge in [-0.1, -0.05) is 6.92 Å². The van der Waals surface area contributed by atoms with Crippen LogP contribution in [0.3, 0.4) is 0 Å². The molecule has 1 saturated carbocycles. The van der Waals surface area contributed by atoms with E-state index in [-0.39, 0.29) is 42.1 Å². The molecular formula is C21H24F4N2O5. The summed E-state index contributed by atoms with van der Waals surface area (Å²) in [7, 11) is 0. The Kier molecular flexibility index (Phi) is 6.41. The number of halogens is 4. The van der Waals surface area contributed by atoms with Gasteiger partial charge < -0.3 is 24.8 Å². The van der Waals surface area contributed by atoms with Crippen LogP contribution >= 0.6 is 0 Å². The molecule has 1 aromatic heterocycles. The maximum Gasteiger partial charge on any atom is 0.414 e. The smallest absolute Gasteiger partial charge is 0.414 e. The molecule has 2 unspecified atom stereocenters. The van der Waals surface area contributed by atoms with E-state index < -0.39 is 46.7 Å². The predicted octanol–water partition coefficient (Wildman–Crippen LogP) is 3.66. The Labute approximate surface area is 180 Å². The van der Waals surface area contributed by atoms with Crippen molar-refractivity contribution >= 4 is 22.6 Å². The van der Waals surface area contributed by atoms with Gasteiger partial charge in [-0.2, -0.15) is 13.2 Å². The van der Waals surface area contributed by atoms with Crippen molar-refractivity contribution in [1.82, 2.24) is 4.57 Å². The number of carbonyl (C=O) groups is 1. The van der Waals surface area contributed by atoms with Crippen molar-refractivity contribution in [3.8, 4) is 5.75 Å². The molecule has 0 spiro atoms. The van der Waals surface area contributed by atoms with Crippen molar-refractivity contribution in [2.24, 2.45) is 5.92 Å². The molecule has 0 aliphatic heterocycles. The summed E-state index contributed by atoms with van der Waals surface area (Å²) in [5, 5.41) is 29.4. The Hall–Kier alpha value is -2.82. The number of aromatic hydroxyl groups is 1. The van der Waals surface area contributed by atoms with Gasteiger partial charge in [0, 0.05) is 25.3 Å². The number of phenols is 1. The molecule has 32 heavy (non-hydrogen) atoms. The van der Waals surface area contributed by atoms with E-state index in [4.69, 9.17) is 0 Å². The number of aromatic nitrogens is 1. The molecule has 7 nitrogen and oxygen atoms in total. The number of carboxylic acid groups (broad SMARTS) is 1. The minimum atomic E-state index is -4.78. The number of anilines is 1. The second kappa shape index (κ2) is 8.61. The van der Waals surface area contributed by atoms with Crippen molar-refractivity contribution in [3.63, 3.8) is 0 Å². The molecule has 176 valence electrons. The van der Waals surface area contributed by atoms with Crippen LogP contribution in [0.4, 0.5) is 23.2 Å². The molecule has 1 heterocycles. The van der Waals surface area contributed by atoms with Gasteiger partial charge in [0.2, 0.25) is 5.43 Å². The fourth-order valence-corrected chi connectivity index (χ4v) is 3.82. The largest absolute Gasteiger partial charge is 0.504 e. The van der Waals surface area contributed by atoms with E-state index in [1.54, 1.807) is 6.92 Å². The number of pyridine rings is 1. The number of carboxylic acids is 1. The van der Waals surface area contributed by atoms with E-state index in [2.05, 4.69) is 0 Å². The topological polar surface area (TPSA) is 103 Å². The molecule has 3 rings (SSSR count). The summed E-state index contributed by atoms with van der Waals surface area (Å²) in [4.78, 5) is 25.4. The first-order chi connectivity index (χ1) is 14.9. The molecule has 1 fully saturated rings. The second-order valence-corrected chi connectivity index (χ2v) is 8.10. The number of hydrogen-bond acceptors (Lipinski definition) is 5. The van der Waals surface area contributed by atoms with E-state index in [0.29, 0.717) is 12.8 Å². The molecular weight excluding hydrogens is 436 g/mol. The zero-order valence-electron chi connectivity index (χ0n) is 17.5. The molecule has 0 amide bonds. The first-order valence-corrected chi connectivity index (χ1v) is 10.2. The van der Waals surface area contributed by atoms with Crippen LogP contribution in [0.1, 0.15) is 49.5 Å². The molecule has 11 heteroatoms.